The molecule has 3 heterocycles. The van der Waals surface area contributed by atoms with Crippen molar-refractivity contribution >= 4 is 0 Å². The molecule has 4 rings (SSSR count). The first-order valence-electron chi connectivity index (χ1n) is 9.48. The quantitative estimate of drug-likeness (QED) is 0.684. The average Bonchev–Trinajstić information content (AvgIpc) is 3.33. The van der Waals surface area contributed by atoms with Gasteiger partial charge in [0.1, 0.15) is 5.82 Å². The van der Waals surface area contributed by atoms with Crippen LogP contribution in [0.4, 0.5) is 0 Å². The molecule has 136 valence electrons. The van der Waals surface area contributed by atoms with E-state index >= 15 is 0 Å². The van der Waals surface area contributed by atoms with Crippen LogP contribution in [0.1, 0.15) is 35.6 Å². The Kier molecular flexibility index (Phi) is 4.89. The predicted octanol–water partition coefficient (Wildman–Crippen LogP) is 3.41. The van der Waals surface area contributed by atoms with Gasteiger partial charge in [0.15, 0.2) is 0 Å². The minimum absolute atomic E-state index is 0.537. The van der Waals surface area contributed by atoms with Crippen molar-refractivity contribution in [3.63, 3.8) is 0 Å². The zero-order valence-electron chi connectivity index (χ0n) is 15.7. The highest BCUT2D eigenvalue weighted by Crippen LogP contribution is 2.22. The van der Waals surface area contributed by atoms with E-state index in [-0.39, 0.29) is 0 Å². The largest absolute Gasteiger partial charge is 0.329 e. The van der Waals surface area contributed by atoms with Crippen molar-refractivity contribution in [3.05, 3.63) is 71.6 Å². The molecular formula is C21H27N5. The Labute approximate surface area is 155 Å². The molecule has 1 fully saturated rings. The van der Waals surface area contributed by atoms with Crippen molar-refractivity contribution in [2.45, 2.75) is 52.4 Å². The van der Waals surface area contributed by atoms with Crippen molar-refractivity contribution in [1.82, 2.24) is 24.2 Å². The number of imidazole rings is 1. The molecule has 0 amide bonds. The molecule has 1 aliphatic heterocycles. The normalized spacial score (nSPS) is 17.8. The summed E-state index contributed by atoms with van der Waals surface area (Å²) >= 11 is 0. The lowest BCUT2D eigenvalue weighted by Gasteiger charge is -2.25. The van der Waals surface area contributed by atoms with E-state index in [0.717, 1.165) is 37.7 Å². The van der Waals surface area contributed by atoms with Crippen molar-refractivity contribution < 1.29 is 0 Å². The Morgan fingerprint density at radius 2 is 1.96 bits per heavy atom. The van der Waals surface area contributed by atoms with Crippen molar-refractivity contribution in [2.75, 3.05) is 6.54 Å². The fourth-order valence-electron chi connectivity index (χ4n) is 3.97. The smallest absolute Gasteiger partial charge is 0.123 e. The van der Waals surface area contributed by atoms with Crippen LogP contribution >= 0.6 is 0 Å². The molecule has 5 nitrogen and oxygen atoms in total. The van der Waals surface area contributed by atoms with Gasteiger partial charge in [0, 0.05) is 30.7 Å². The molecule has 1 saturated heterocycles. The number of benzene rings is 1. The maximum Gasteiger partial charge on any atom is 0.123 e. The van der Waals surface area contributed by atoms with Crippen LogP contribution in [0.3, 0.4) is 0 Å². The summed E-state index contributed by atoms with van der Waals surface area (Å²) in [4.78, 5) is 7.21. The lowest BCUT2D eigenvalue weighted by atomic mass is 10.2. The highest BCUT2D eigenvalue weighted by molar-refractivity contribution is 5.16. The Morgan fingerprint density at radius 3 is 2.73 bits per heavy atom. The number of aromatic nitrogens is 4. The third kappa shape index (κ3) is 3.73. The molecule has 0 bridgehead atoms. The molecule has 26 heavy (non-hydrogen) atoms. The van der Waals surface area contributed by atoms with Gasteiger partial charge in [0.05, 0.1) is 18.8 Å². The third-order valence-corrected chi connectivity index (χ3v) is 5.33. The van der Waals surface area contributed by atoms with Gasteiger partial charge in [0.2, 0.25) is 0 Å². The zero-order valence-corrected chi connectivity index (χ0v) is 15.7. The zero-order chi connectivity index (χ0) is 17.9. The van der Waals surface area contributed by atoms with Gasteiger partial charge < -0.3 is 4.57 Å². The molecule has 1 aromatic carbocycles. The molecule has 0 radical (unpaired) electrons. The first-order chi connectivity index (χ1) is 12.7. The van der Waals surface area contributed by atoms with E-state index in [9.17, 15) is 0 Å². The fraction of sp³-hybridized carbons (Fsp3) is 0.429. The molecule has 0 aliphatic carbocycles. The molecule has 3 aromatic rings. The topological polar surface area (TPSA) is 38.9 Å². The van der Waals surface area contributed by atoms with Gasteiger partial charge in [-0.25, -0.2) is 4.98 Å². The van der Waals surface area contributed by atoms with E-state index in [1.807, 2.05) is 6.20 Å². The van der Waals surface area contributed by atoms with Crippen LogP contribution in [-0.2, 0) is 19.6 Å². The second kappa shape index (κ2) is 7.46. The maximum atomic E-state index is 4.65. The number of rotatable bonds is 6. The Balaban J connectivity index is 1.45. The molecule has 2 aromatic heterocycles. The maximum absolute atomic E-state index is 4.65. The average molecular weight is 349 g/mol. The van der Waals surface area contributed by atoms with E-state index in [2.05, 4.69) is 80.7 Å². The van der Waals surface area contributed by atoms with Crippen molar-refractivity contribution in [2.24, 2.45) is 0 Å². The monoisotopic (exact) mass is 349 g/mol. The number of aryl methyl sites for hydroxylation is 2. The van der Waals surface area contributed by atoms with E-state index in [1.54, 1.807) is 0 Å². The Bertz CT molecular complexity index is 848. The second-order valence-electron chi connectivity index (χ2n) is 7.33. The molecule has 1 aliphatic rings. The van der Waals surface area contributed by atoms with Gasteiger partial charge in [-0.2, -0.15) is 5.10 Å². The summed E-state index contributed by atoms with van der Waals surface area (Å²) in [6, 6.07) is 13.3. The van der Waals surface area contributed by atoms with Crippen molar-refractivity contribution in [1.29, 1.82) is 0 Å². The molecule has 0 N–H and O–H groups in total. The molecule has 0 spiro atoms. The molecule has 0 saturated carbocycles. The first kappa shape index (κ1) is 17.0. The number of likely N-dealkylation sites (tertiary alicyclic amines) is 1. The van der Waals surface area contributed by atoms with Gasteiger partial charge in [-0.05, 0) is 44.9 Å². The highest BCUT2D eigenvalue weighted by Gasteiger charge is 2.26. The minimum Gasteiger partial charge on any atom is -0.329 e. The van der Waals surface area contributed by atoms with Gasteiger partial charge in [-0.1, -0.05) is 30.3 Å². The van der Waals surface area contributed by atoms with Gasteiger partial charge in [-0.15, -0.1) is 0 Å². The van der Waals surface area contributed by atoms with Gasteiger partial charge >= 0.3 is 0 Å². The second-order valence-corrected chi connectivity index (χ2v) is 7.33. The van der Waals surface area contributed by atoms with Crippen LogP contribution in [0.15, 0.2) is 48.8 Å². The van der Waals surface area contributed by atoms with E-state index in [0.29, 0.717) is 6.04 Å². The molecule has 0 unspecified atom stereocenters. The third-order valence-electron chi connectivity index (χ3n) is 5.33. The van der Waals surface area contributed by atoms with Gasteiger partial charge in [0.25, 0.3) is 0 Å². The summed E-state index contributed by atoms with van der Waals surface area (Å²) in [6.45, 7) is 8.11. The van der Waals surface area contributed by atoms with Crippen LogP contribution in [-0.4, -0.2) is 36.8 Å². The summed E-state index contributed by atoms with van der Waals surface area (Å²) in [7, 11) is 0. The van der Waals surface area contributed by atoms with Crippen molar-refractivity contribution in [3.8, 4) is 0 Å². The summed E-state index contributed by atoms with van der Waals surface area (Å²) in [5, 5.41) is 4.65. The standard InChI is InChI=1S/C21H27N5/c1-17-13-18(2)26(23-17)15-20-9-6-11-24(20)16-21-22-10-12-25(21)14-19-7-4-3-5-8-19/h3-5,7-8,10,12-13,20H,6,9,11,14-16H2,1-2H3/t20-/m1/s1. The summed E-state index contributed by atoms with van der Waals surface area (Å²) in [5.74, 6) is 1.15. The summed E-state index contributed by atoms with van der Waals surface area (Å²) in [5.41, 5.74) is 3.66. The molecular weight excluding hydrogens is 322 g/mol. The number of hydrogen-bond acceptors (Lipinski definition) is 3. The minimum atomic E-state index is 0.537. The van der Waals surface area contributed by atoms with Gasteiger partial charge in [-0.3, -0.25) is 9.58 Å². The Hall–Kier alpha value is -2.40. The van der Waals surface area contributed by atoms with Crippen LogP contribution in [0, 0.1) is 13.8 Å². The Morgan fingerprint density at radius 1 is 1.12 bits per heavy atom. The number of nitrogens with zero attached hydrogens (tertiary/aromatic N) is 5. The predicted molar refractivity (Wildman–Crippen MR) is 103 cm³/mol. The number of hydrogen-bond donors (Lipinski definition) is 0. The van der Waals surface area contributed by atoms with Crippen LogP contribution in [0.5, 0.6) is 0 Å². The van der Waals surface area contributed by atoms with E-state index in [1.165, 1.54) is 24.1 Å². The lowest BCUT2D eigenvalue weighted by Crippen LogP contribution is -2.34. The highest BCUT2D eigenvalue weighted by atomic mass is 15.3. The van der Waals surface area contributed by atoms with Crippen LogP contribution in [0.2, 0.25) is 0 Å². The lowest BCUT2D eigenvalue weighted by molar-refractivity contribution is 0.211. The summed E-state index contributed by atoms with van der Waals surface area (Å²) in [6.07, 6.45) is 6.50. The summed E-state index contributed by atoms with van der Waals surface area (Å²) < 4.78 is 4.43. The SMILES string of the molecule is Cc1cc(C)n(C[C@H]2CCCN2Cc2nccn2Cc2ccccc2)n1. The molecule has 5 heteroatoms. The van der Waals surface area contributed by atoms with Crippen LogP contribution < -0.4 is 0 Å². The fourth-order valence-corrected chi connectivity index (χ4v) is 3.97. The van der Waals surface area contributed by atoms with E-state index in [4.69, 9.17) is 0 Å². The molecule has 1 atom stereocenters. The van der Waals surface area contributed by atoms with E-state index < -0.39 is 0 Å². The van der Waals surface area contributed by atoms with Crippen LogP contribution in [0.25, 0.3) is 0 Å². The first-order valence-corrected chi connectivity index (χ1v) is 9.48.